The molecular formula is C25H40N2OS. The number of piperidine rings is 1. The van der Waals surface area contributed by atoms with Crippen LogP contribution in [-0.2, 0) is 12.8 Å². The Labute approximate surface area is 181 Å². The predicted molar refractivity (Wildman–Crippen MR) is 123 cm³/mol. The first-order valence-electron chi connectivity index (χ1n) is 12.0. The van der Waals surface area contributed by atoms with E-state index in [0.29, 0.717) is 10.8 Å². The van der Waals surface area contributed by atoms with Gasteiger partial charge in [0.15, 0.2) is 0 Å². The number of carbonyl (C=O) groups is 1. The van der Waals surface area contributed by atoms with Crippen molar-refractivity contribution in [1.29, 1.82) is 0 Å². The van der Waals surface area contributed by atoms with Crippen molar-refractivity contribution in [2.45, 2.75) is 85.0 Å². The summed E-state index contributed by atoms with van der Waals surface area (Å²) < 4.78 is 0. The van der Waals surface area contributed by atoms with E-state index in [-0.39, 0.29) is 5.91 Å². The third-order valence-electron chi connectivity index (χ3n) is 8.16. The summed E-state index contributed by atoms with van der Waals surface area (Å²) in [6.45, 7) is 11.7. The van der Waals surface area contributed by atoms with Gasteiger partial charge in [-0.15, -0.1) is 11.3 Å². The van der Waals surface area contributed by atoms with Gasteiger partial charge in [-0.2, -0.15) is 0 Å². The Kier molecular flexibility index (Phi) is 6.41. The number of amides is 1. The number of hydrogen-bond acceptors (Lipinski definition) is 3. The SMILES string of the molecule is CC1CCN(CC2(CNC(=O)c3cc4c(s3)CCCCCC4)CCC2)CC1(C)C. The van der Waals surface area contributed by atoms with E-state index in [4.69, 9.17) is 0 Å². The zero-order chi connectivity index (χ0) is 20.5. The van der Waals surface area contributed by atoms with E-state index >= 15 is 0 Å². The second-order valence-electron chi connectivity index (χ2n) is 10.9. The fourth-order valence-corrected chi connectivity index (χ4v) is 6.74. The maximum atomic E-state index is 12.9. The number of rotatable bonds is 5. The van der Waals surface area contributed by atoms with Crippen LogP contribution >= 0.6 is 11.3 Å². The van der Waals surface area contributed by atoms with Crippen LogP contribution in [0.3, 0.4) is 0 Å². The summed E-state index contributed by atoms with van der Waals surface area (Å²) in [6, 6.07) is 2.20. The number of carbonyl (C=O) groups excluding carboxylic acids is 1. The van der Waals surface area contributed by atoms with Crippen LogP contribution in [0.15, 0.2) is 6.07 Å². The summed E-state index contributed by atoms with van der Waals surface area (Å²) in [5.74, 6) is 0.967. The highest BCUT2D eigenvalue weighted by atomic mass is 32.1. The molecule has 2 heterocycles. The van der Waals surface area contributed by atoms with Gasteiger partial charge in [0, 0.05) is 29.9 Å². The molecule has 0 bridgehead atoms. The topological polar surface area (TPSA) is 32.3 Å². The molecule has 1 aromatic heterocycles. The van der Waals surface area contributed by atoms with E-state index in [1.807, 2.05) is 0 Å². The van der Waals surface area contributed by atoms with Crippen LogP contribution in [0, 0.1) is 16.7 Å². The molecule has 2 fully saturated rings. The van der Waals surface area contributed by atoms with E-state index in [9.17, 15) is 4.79 Å². The molecule has 4 heteroatoms. The Morgan fingerprint density at radius 2 is 1.93 bits per heavy atom. The Hall–Kier alpha value is -0.870. The summed E-state index contributed by atoms with van der Waals surface area (Å²) in [5.41, 5.74) is 2.15. The molecule has 1 amide bonds. The smallest absolute Gasteiger partial charge is 0.261 e. The molecule has 1 aliphatic heterocycles. The maximum Gasteiger partial charge on any atom is 0.261 e. The second kappa shape index (κ2) is 8.70. The molecule has 3 nitrogen and oxygen atoms in total. The van der Waals surface area contributed by atoms with Gasteiger partial charge < -0.3 is 10.2 Å². The molecule has 1 N–H and O–H groups in total. The van der Waals surface area contributed by atoms with E-state index < -0.39 is 0 Å². The molecular weight excluding hydrogens is 376 g/mol. The monoisotopic (exact) mass is 416 g/mol. The van der Waals surface area contributed by atoms with E-state index in [2.05, 4.69) is 37.1 Å². The first-order valence-corrected chi connectivity index (χ1v) is 12.8. The number of aryl methyl sites for hydroxylation is 2. The highest BCUT2D eigenvalue weighted by Gasteiger charge is 2.41. The van der Waals surface area contributed by atoms with Gasteiger partial charge in [0.05, 0.1) is 4.88 Å². The first-order chi connectivity index (χ1) is 13.9. The van der Waals surface area contributed by atoms with Crippen molar-refractivity contribution in [3.05, 3.63) is 21.4 Å². The van der Waals surface area contributed by atoms with Crippen LogP contribution in [0.5, 0.6) is 0 Å². The molecule has 1 unspecified atom stereocenters. The van der Waals surface area contributed by atoms with Crippen LogP contribution in [0.4, 0.5) is 0 Å². The highest BCUT2D eigenvalue weighted by Crippen LogP contribution is 2.43. The minimum absolute atomic E-state index is 0.167. The van der Waals surface area contributed by atoms with Crippen molar-refractivity contribution in [3.63, 3.8) is 0 Å². The first kappa shape index (κ1) is 21.4. The minimum atomic E-state index is 0.167. The lowest BCUT2D eigenvalue weighted by molar-refractivity contribution is 0.00462. The van der Waals surface area contributed by atoms with Gasteiger partial charge in [-0.3, -0.25) is 4.79 Å². The largest absolute Gasteiger partial charge is 0.351 e. The van der Waals surface area contributed by atoms with Crippen molar-refractivity contribution in [2.75, 3.05) is 26.2 Å². The molecule has 1 saturated heterocycles. The molecule has 2 aliphatic carbocycles. The Morgan fingerprint density at radius 1 is 1.17 bits per heavy atom. The van der Waals surface area contributed by atoms with Crippen molar-refractivity contribution in [3.8, 4) is 0 Å². The lowest BCUT2D eigenvalue weighted by Crippen LogP contribution is -2.53. The summed E-state index contributed by atoms with van der Waals surface area (Å²) in [5, 5.41) is 3.35. The Balaban J connectivity index is 1.35. The maximum absolute atomic E-state index is 12.9. The van der Waals surface area contributed by atoms with Gasteiger partial charge in [-0.05, 0) is 74.5 Å². The van der Waals surface area contributed by atoms with Gasteiger partial charge in [0.1, 0.15) is 0 Å². The summed E-state index contributed by atoms with van der Waals surface area (Å²) in [7, 11) is 0. The molecule has 1 aromatic rings. The van der Waals surface area contributed by atoms with Crippen LogP contribution in [0.25, 0.3) is 0 Å². The standard InChI is InChI=1S/C25H40N2OS/c1-19-11-14-27(17-24(19,2)3)18-25(12-8-13-25)16-26-23(28)22-15-20-9-6-4-5-7-10-21(20)29-22/h15,19H,4-14,16-18H2,1-3H3,(H,26,28). The predicted octanol–water partition coefficient (Wildman–Crippen LogP) is 5.68. The molecule has 0 radical (unpaired) electrons. The van der Waals surface area contributed by atoms with Crippen LogP contribution in [0.1, 0.15) is 92.3 Å². The normalized spacial score (nSPS) is 26.7. The van der Waals surface area contributed by atoms with Crippen molar-refractivity contribution < 1.29 is 4.79 Å². The lowest BCUT2D eigenvalue weighted by atomic mass is 9.67. The summed E-state index contributed by atoms with van der Waals surface area (Å²) in [6.07, 6.45) is 12.7. The quantitative estimate of drug-likeness (QED) is 0.670. The molecule has 3 aliphatic rings. The molecule has 0 aromatic carbocycles. The van der Waals surface area contributed by atoms with Crippen molar-refractivity contribution >= 4 is 17.2 Å². The summed E-state index contributed by atoms with van der Waals surface area (Å²) in [4.78, 5) is 18.0. The Morgan fingerprint density at radius 3 is 2.62 bits per heavy atom. The average molecular weight is 417 g/mol. The number of hydrogen-bond donors (Lipinski definition) is 1. The van der Waals surface area contributed by atoms with E-state index in [0.717, 1.165) is 30.3 Å². The molecule has 29 heavy (non-hydrogen) atoms. The van der Waals surface area contributed by atoms with Gasteiger partial charge in [-0.25, -0.2) is 0 Å². The van der Waals surface area contributed by atoms with Gasteiger partial charge in [0.25, 0.3) is 5.91 Å². The van der Waals surface area contributed by atoms with Crippen LogP contribution in [0.2, 0.25) is 0 Å². The molecule has 162 valence electrons. The van der Waals surface area contributed by atoms with Crippen LogP contribution in [-0.4, -0.2) is 37.0 Å². The third-order valence-corrected chi connectivity index (χ3v) is 9.40. The van der Waals surface area contributed by atoms with Gasteiger partial charge in [0.2, 0.25) is 0 Å². The van der Waals surface area contributed by atoms with Gasteiger partial charge >= 0.3 is 0 Å². The van der Waals surface area contributed by atoms with Crippen molar-refractivity contribution in [2.24, 2.45) is 16.7 Å². The number of likely N-dealkylation sites (tertiary alicyclic amines) is 1. The number of fused-ring (bicyclic) bond motifs is 1. The Bertz CT molecular complexity index is 693. The number of thiophene rings is 1. The van der Waals surface area contributed by atoms with Crippen molar-refractivity contribution in [1.82, 2.24) is 10.2 Å². The lowest BCUT2D eigenvalue weighted by Gasteiger charge is -2.50. The van der Waals surface area contributed by atoms with E-state index in [1.165, 1.54) is 81.3 Å². The summed E-state index contributed by atoms with van der Waals surface area (Å²) >= 11 is 1.76. The van der Waals surface area contributed by atoms with Crippen LogP contribution < -0.4 is 5.32 Å². The number of nitrogens with one attached hydrogen (secondary N) is 1. The highest BCUT2D eigenvalue weighted by molar-refractivity contribution is 7.14. The molecule has 1 atom stereocenters. The van der Waals surface area contributed by atoms with E-state index in [1.54, 1.807) is 11.3 Å². The molecule has 0 spiro atoms. The fraction of sp³-hybridized carbons (Fsp3) is 0.800. The van der Waals surface area contributed by atoms with Gasteiger partial charge in [-0.1, -0.05) is 40.0 Å². The zero-order valence-electron chi connectivity index (χ0n) is 18.8. The fourth-order valence-electron chi connectivity index (χ4n) is 5.57. The second-order valence-corrected chi connectivity index (χ2v) is 12.0. The minimum Gasteiger partial charge on any atom is -0.351 e. The molecule has 4 rings (SSSR count). The average Bonchev–Trinajstić information content (AvgIpc) is 3.02. The zero-order valence-corrected chi connectivity index (χ0v) is 19.6. The number of nitrogens with zero attached hydrogens (tertiary/aromatic N) is 1. The molecule has 1 saturated carbocycles. The third kappa shape index (κ3) is 4.90.